The van der Waals surface area contributed by atoms with Crippen LogP contribution in [0.25, 0.3) is 21.6 Å². The fraction of sp³-hybridized carbons (Fsp3) is 0.650. The molecule has 2 amide bonds. The summed E-state index contributed by atoms with van der Waals surface area (Å²) in [4.78, 5) is 48.8. The number of carbonyl (C=O) groups excluding carboxylic acids is 2. The molecule has 0 saturated carbocycles. The minimum Gasteiger partial charge on any atom is -0.387 e. The summed E-state index contributed by atoms with van der Waals surface area (Å²) in [7, 11) is -5.05. The number of aromatic nitrogens is 4. The van der Waals surface area contributed by atoms with Gasteiger partial charge in [-0.3, -0.25) is 18.8 Å². The van der Waals surface area contributed by atoms with Crippen molar-refractivity contribution < 1.29 is 43.0 Å². The van der Waals surface area contributed by atoms with E-state index in [0.29, 0.717) is 12.8 Å². The summed E-state index contributed by atoms with van der Waals surface area (Å²) in [5.74, 6) is -0.427. The van der Waals surface area contributed by atoms with Gasteiger partial charge < -0.3 is 35.8 Å². The number of nitrogens with two attached hydrogens (primary N) is 1. The number of hydrogen-bond acceptors (Lipinski definition) is 14. The second kappa shape index (κ2) is 11.9. The SMILES string of the molecule is [N-]=[N+]=NC(CCC[C@@H]1SC[C@@H]2NC(=O)N[C@@H]21)C(=O)OP(=O)(O)OC[C@H]1O[C@@H](n2cnc3c(N)ncnc32)[C@@H](O)C1O. The Labute approximate surface area is 235 Å². The van der Waals surface area contributed by atoms with Crippen molar-refractivity contribution in [2.45, 2.75) is 67.2 Å². The standard InChI is InChI=1S/C20H27N10O9PS/c21-16-13-17(24-6-23-16)30(7-25-13)18-15(32)14(31)10(38-18)4-37-40(35,36)39-19(33)8(28-29-22)2-1-3-11-12-9(5-41-11)26-20(34)27-12/h6-12,14-15,18,31-32H,1-5H2,(H,35,36)(H2,21,23,24)(H2,26,27,34)/t8?,9-,10+,11-,12-,14?,15-,18+/m0/s1. The number of azide groups is 1. The van der Waals surface area contributed by atoms with Gasteiger partial charge in [0.2, 0.25) is 0 Å². The lowest BCUT2D eigenvalue weighted by Crippen LogP contribution is -2.36. The molecule has 2 aromatic rings. The van der Waals surface area contributed by atoms with Crippen LogP contribution < -0.4 is 16.4 Å². The fourth-order valence-electron chi connectivity index (χ4n) is 4.96. The molecular formula is C20H27N10O9PS. The van der Waals surface area contributed by atoms with Crippen molar-refractivity contribution in [1.82, 2.24) is 30.2 Å². The number of urea groups is 1. The normalized spacial score (nSPS) is 31.1. The van der Waals surface area contributed by atoms with Gasteiger partial charge >= 0.3 is 19.8 Å². The van der Waals surface area contributed by atoms with Crippen LogP contribution in [0.2, 0.25) is 0 Å². The zero-order chi connectivity index (χ0) is 29.3. The maximum Gasteiger partial charge on any atom is 0.529 e. The zero-order valence-corrected chi connectivity index (χ0v) is 22.9. The highest BCUT2D eigenvalue weighted by Crippen LogP contribution is 2.45. The number of amides is 2. The van der Waals surface area contributed by atoms with Gasteiger partial charge in [-0.2, -0.15) is 11.8 Å². The smallest absolute Gasteiger partial charge is 0.387 e. The van der Waals surface area contributed by atoms with Gasteiger partial charge in [0, 0.05) is 15.9 Å². The number of nitrogens with zero attached hydrogens (tertiary/aromatic N) is 7. The van der Waals surface area contributed by atoms with Crippen LogP contribution in [-0.2, 0) is 23.1 Å². The number of fused-ring (bicyclic) bond motifs is 2. The molecule has 5 heterocycles. The third-order valence-electron chi connectivity index (χ3n) is 6.97. The van der Waals surface area contributed by atoms with Gasteiger partial charge in [0.05, 0.1) is 25.0 Å². The van der Waals surface area contributed by atoms with E-state index in [1.807, 2.05) is 0 Å². The number of hydrogen-bond donors (Lipinski definition) is 6. The highest BCUT2D eigenvalue weighted by molar-refractivity contribution is 8.00. The van der Waals surface area contributed by atoms with Crippen molar-refractivity contribution in [1.29, 1.82) is 0 Å². The third kappa shape index (κ3) is 6.19. The van der Waals surface area contributed by atoms with Gasteiger partial charge in [-0.05, 0) is 18.4 Å². The Morgan fingerprint density at radius 1 is 1.37 bits per heavy atom. The number of aliphatic hydroxyl groups excluding tert-OH is 2. The highest BCUT2D eigenvalue weighted by atomic mass is 32.2. The van der Waals surface area contributed by atoms with E-state index in [0.717, 1.165) is 5.75 Å². The summed E-state index contributed by atoms with van der Waals surface area (Å²) in [6, 6.07) is -1.65. The molecule has 222 valence electrons. The predicted octanol–water partition coefficient (Wildman–Crippen LogP) is -0.297. The summed E-state index contributed by atoms with van der Waals surface area (Å²) in [5, 5.41) is 30.1. The molecule has 19 nitrogen and oxygen atoms in total. The van der Waals surface area contributed by atoms with Crippen molar-refractivity contribution in [3.8, 4) is 0 Å². The van der Waals surface area contributed by atoms with Gasteiger partial charge in [0.1, 0.15) is 36.2 Å². The first kappa shape index (κ1) is 29.3. The number of phosphoric acid groups is 1. The molecule has 7 N–H and O–H groups in total. The molecule has 0 bridgehead atoms. The van der Waals surface area contributed by atoms with E-state index < -0.39 is 51.0 Å². The Morgan fingerprint density at radius 3 is 2.95 bits per heavy atom. The first-order valence-electron chi connectivity index (χ1n) is 12.5. The number of rotatable bonds is 11. The van der Waals surface area contributed by atoms with Gasteiger partial charge in [-0.1, -0.05) is 11.5 Å². The molecule has 3 unspecified atom stereocenters. The number of carbonyl (C=O) groups is 2. The average molecular weight is 615 g/mol. The first-order valence-corrected chi connectivity index (χ1v) is 15.0. The number of ether oxygens (including phenoxy) is 1. The minimum atomic E-state index is -5.05. The molecule has 5 rings (SSSR count). The van der Waals surface area contributed by atoms with E-state index >= 15 is 0 Å². The number of phosphoric ester groups is 1. The van der Waals surface area contributed by atoms with Crippen LogP contribution in [0.4, 0.5) is 10.6 Å². The number of imidazole rings is 1. The maximum atomic E-state index is 12.5. The van der Waals surface area contributed by atoms with Crippen molar-refractivity contribution in [3.63, 3.8) is 0 Å². The van der Waals surface area contributed by atoms with E-state index in [1.54, 1.807) is 11.8 Å². The Balaban J connectivity index is 1.13. The molecule has 3 aliphatic rings. The first-order chi connectivity index (χ1) is 19.6. The van der Waals surface area contributed by atoms with Crippen molar-refractivity contribution >= 4 is 48.6 Å². The van der Waals surface area contributed by atoms with E-state index in [2.05, 4.69) is 40.1 Å². The largest absolute Gasteiger partial charge is 0.529 e. The van der Waals surface area contributed by atoms with E-state index in [-0.39, 0.29) is 46.8 Å². The number of thioether (sulfide) groups is 1. The Kier molecular flexibility index (Phi) is 8.53. The van der Waals surface area contributed by atoms with Crippen molar-refractivity contribution in [2.75, 3.05) is 18.1 Å². The van der Waals surface area contributed by atoms with Crippen LogP contribution in [0.5, 0.6) is 0 Å². The minimum absolute atomic E-state index is 0.0265. The molecule has 0 radical (unpaired) electrons. The van der Waals surface area contributed by atoms with E-state index in [1.165, 1.54) is 17.2 Å². The molecule has 21 heteroatoms. The highest BCUT2D eigenvalue weighted by Gasteiger charge is 2.46. The number of anilines is 1. The predicted molar refractivity (Wildman–Crippen MR) is 140 cm³/mol. The Morgan fingerprint density at radius 2 is 2.17 bits per heavy atom. The van der Waals surface area contributed by atoms with Crippen molar-refractivity contribution in [2.24, 2.45) is 5.11 Å². The number of nitrogen functional groups attached to an aromatic ring is 1. The topological polar surface area (TPSA) is 282 Å². The summed E-state index contributed by atoms with van der Waals surface area (Å²) in [6.07, 6.45) is -2.08. The molecule has 3 aliphatic heterocycles. The van der Waals surface area contributed by atoms with E-state index in [4.69, 9.17) is 20.5 Å². The fourth-order valence-corrected chi connectivity index (χ4v) is 7.24. The zero-order valence-electron chi connectivity index (χ0n) is 21.2. The lowest BCUT2D eigenvalue weighted by atomic mass is 10.0. The molecule has 3 saturated heterocycles. The van der Waals surface area contributed by atoms with Gasteiger partial charge in [-0.15, -0.1) is 0 Å². The summed E-state index contributed by atoms with van der Waals surface area (Å²) >= 11 is 1.67. The summed E-state index contributed by atoms with van der Waals surface area (Å²) < 4.78 is 28.9. The van der Waals surface area contributed by atoms with Crippen LogP contribution in [0.3, 0.4) is 0 Å². The van der Waals surface area contributed by atoms with Crippen LogP contribution in [0.15, 0.2) is 17.8 Å². The summed E-state index contributed by atoms with van der Waals surface area (Å²) in [5.41, 5.74) is 15.1. The second-order valence-electron chi connectivity index (χ2n) is 9.58. The molecule has 0 aliphatic carbocycles. The lowest BCUT2D eigenvalue weighted by Gasteiger charge is -2.19. The Bertz CT molecular complexity index is 1410. The van der Waals surface area contributed by atoms with E-state index in [9.17, 15) is 29.3 Å². The quantitative estimate of drug-likeness (QED) is 0.0623. The molecule has 0 aromatic carbocycles. The van der Waals surface area contributed by atoms with Crippen LogP contribution in [-0.4, -0.2) is 101 Å². The molecule has 3 fully saturated rings. The second-order valence-corrected chi connectivity index (χ2v) is 12.2. The van der Waals surface area contributed by atoms with Gasteiger partial charge in [0.15, 0.2) is 17.7 Å². The molecule has 9 atom stereocenters. The monoisotopic (exact) mass is 614 g/mol. The van der Waals surface area contributed by atoms with Crippen LogP contribution in [0, 0.1) is 0 Å². The number of nitrogens with one attached hydrogen (secondary N) is 2. The number of aliphatic hydroxyl groups is 2. The molecule has 0 spiro atoms. The van der Waals surface area contributed by atoms with Gasteiger partial charge in [0.25, 0.3) is 0 Å². The average Bonchev–Trinajstić information content (AvgIpc) is 3.67. The molecule has 41 heavy (non-hydrogen) atoms. The van der Waals surface area contributed by atoms with Crippen molar-refractivity contribution in [3.05, 3.63) is 23.1 Å². The lowest BCUT2D eigenvalue weighted by molar-refractivity contribution is -0.138. The van der Waals surface area contributed by atoms with Crippen LogP contribution >= 0.6 is 19.6 Å². The molecule has 2 aromatic heterocycles. The maximum absolute atomic E-state index is 12.5. The Hall–Kier alpha value is -3.22. The van der Waals surface area contributed by atoms with Gasteiger partial charge in [-0.25, -0.2) is 24.3 Å². The third-order valence-corrected chi connectivity index (χ3v) is 9.37. The van der Waals surface area contributed by atoms with Crippen LogP contribution in [0.1, 0.15) is 25.5 Å². The molecular weight excluding hydrogens is 587 g/mol. The summed E-state index contributed by atoms with van der Waals surface area (Å²) in [6.45, 7) is -0.743.